The Hall–Kier alpha value is -0.370. The van der Waals surface area contributed by atoms with Crippen LogP contribution in [-0.2, 0) is 14.2 Å². The molecule has 1 aliphatic carbocycles. The highest BCUT2D eigenvalue weighted by Crippen LogP contribution is 2.24. The second-order valence-corrected chi connectivity index (χ2v) is 4.72. The zero-order valence-electron chi connectivity index (χ0n) is 11.3. The van der Waals surface area contributed by atoms with E-state index >= 15 is 0 Å². The molecule has 7 heteroatoms. The average Bonchev–Trinajstić information content (AvgIpc) is 2.37. The summed E-state index contributed by atoms with van der Waals surface area (Å²) >= 11 is 0. The second-order valence-electron chi connectivity index (χ2n) is 4.72. The summed E-state index contributed by atoms with van der Waals surface area (Å²) in [5.74, 6) is 0. The molecule has 114 valence electrons. The number of alkyl halides is 3. The highest BCUT2D eigenvalue weighted by molar-refractivity contribution is 4.79. The first-order chi connectivity index (χ1) is 8.94. The molecule has 1 aliphatic rings. The number of hydrogen-bond acceptors (Lipinski definition) is 4. The minimum Gasteiger partial charge on any atom is -0.369 e. The van der Waals surface area contributed by atoms with Gasteiger partial charge in [0.15, 0.2) is 6.29 Å². The lowest BCUT2D eigenvalue weighted by atomic mass is 9.93. The Morgan fingerprint density at radius 2 is 1.89 bits per heavy atom. The maximum absolute atomic E-state index is 12.1. The topological polar surface area (TPSA) is 39.7 Å². The van der Waals surface area contributed by atoms with Crippen LogP contribution in [0.4, 0.5) is 13.2 Å². The van der Waals surface area contributed by atoms with Gasteiger partial charge in [0.25, 0.3) is 0 Å². The predicted molar refractivity (Wildman–Crippen MR) is 63.9 cm³/mol. The molecule has 1 N–H and O–H groups in total. The maximum Gasteiger partial charge on any atom is 0.411 e. The van der Waals surface area contributed by atoms with E-state index in [1.54, 1.807) is 14.2 Å². The highest BCUT2D eigenvalue weighted by atomic mass is 19.4. The quantitative estimate of drug-likeness (QED) is 0.727. The van der Waals surface area contributed by atoms with E-state index in [0.717, 1.165) is 12.8 Å². The summed E-state index contributed by atoms with van der Waals surface area (Å²) in [6.45, 7) is -0.646. The molecule has 0 radical (unpaired) electrons. The van der Waals surface area contributed by atoms with Gasteiger partial charge in [-0.15, -0.1) is 0 Å². The smallest absolute Gasteiger partial charge is 0.369 e. The van der Waals surface area contributed by atoms with Crippen molar-refractivity contribution >= 4 is 0 Å². The van der Waals surface area contributed by atoms with Crippen LogP contribution in [0.25, 0.3) is 0 Å². The average molecular weight is 285 g/mol. The van der Waals surface area contributed by atoms with Gasteiger partial charge < -0.3 is 19.5 Å². The molecule has 1 fully saturated rings. The van der Waals surface area contributed by atoms with Crippen molar-refractivity contribution in [2.24, 2.45) is 0 Å². The van der Waals surface area contributed by atoms with Gasteiger partial charge in [0.2, 0.25) is 0 Å². The third-order valence-electron chi connectivity index (χ3n) is 3.21. The van der Waals surface area contributed by atoms with Crippen LogP contribution in [0.2, 0.25) is 0 Å². The molecule has 2 atom stereocenters. The lowest BCUT2D eigenvalue weighted by Gasteiger charge is -2.31. The van der Waals surface area contributed by atoms with Crippen molar-refractivity contribution in [2.75, 3.05) is 27.4 Å². The van der Waals surface area contributed by atoms with Gasteiger partial charge in [-0.3, -0.25) is 0 Å². The summed E-state index contributed by atoms with van der Waals surface area (Å²) in [5, 5.41) is 3.24. The van der Waals surface area contributed by atoms with Crippen LogP contribution in [0.3, 0.4) is 0 Å². The summed E-state index contributed by atoms with van der Waals surface area (Å²) < 4.78 is 51.2. The van der Waals surface area contributed by atoms with Crippen molar-refractivity contribution in [2.45, 2.75) is 50.3 Å². The highest BCUT2D eigenvalue weighted by Gasteiger charge is 2.31. The molecule has 19 heavy (non-hydrogen) atoms. The summed E-state index contributed by atoms with van der Waals surface area (Å²) in [5.41, 5.74) is 0. The molecule has 0 aromatic heterocycles. The molecule has 0 spiro atoms. The van der Waals surface area contributed by atoms with Gasteiger partial charge in [-0.2, -0.15) is 13.2 Å². The molecule has 0 aromatic rings. The summed E-state index contributed by atoms with van der Waals surface area (Å²) in [6.07, 6.45) is -1.83. The van der Waals surface area contributed by atoms with E-state index in [2.05, 4.69) is 5.32 Å². The lowest BCUT2D eigenvalue weighted by molar-refractivity contribution is -0.188. The SMILES string of the molecule is COC(CNC1CCCC(OCC(F)(F)F)C1)OC. The fourth-order valence-electron chi connectivity index (χ4n) is 2.22. The number of halogens is 3. The van der Waals surface area contributed by atoms with Crippen LogP contribution in [-0.4, -0.2) is 52.0 Å². The van der Waals surface area contributed by atoms with Crippen LogP contribution in [0.1, 0.15) is 25.7 Å². The van der Waals surface area contributed by atoms with Gasteiger partial charge in [0.1, 0.15) is 6.61 Å². The molecule has 0 amide bonds. The van der Waals surface area contributed by atoms with E-state index < -0.39 is 12.8 Å². The van der Waals surface area contributed by atoms with Gasteiger partial charge in [0, 0.05) is 26.8 Å². The molecule has 0 bridgehead atoms. The van der Waals surface area contributed by atoms with Crippen molar-refractivity contribution < 1.29 is 27.4 Å². The van der Waals surface area contributed by atoms with Crippen LogP contribution < -0.4 is 5.32 Å². The van der Waals surface area contributed by atoms with Gasteiger partial charge in [-0.05, 0) is 25.7 Å². The molecule has 4 nitrogen and oxygen atoms in total. The fraction of sp³-hybridized carbons (Fsp3) is 1.00. The molecule has 0 aliphatic heterocycles. The van der Waals surface area contributed by atoms with Gasteiger partial charge in [-0.1, -0.05) is 0 Å². The maximum atomic E-state index is 12.1. The summed E-state index contributed by atoms with van der Waals surface area (Å²) in [6, 6.07) is 0.153. The number of rotatable bonds is 7. The molecule has 0 aromatic carbocycles. The molecular formula is C12H22F3NO3. The molecular weight excluding hydrogens is 263 g/mol. The summed E-state index contributed by atoms with van der Waals surface area (Å²) in [7, 11) is 3.10. The van der Waals surface area contributed by atoms with Crippen molar-refractivity contribution in [3.05, 3.63) is 0 Å². The van der Waals surface area contributed by atoms with E-state index in [4.69, 9.17) is 14.2 Å². The second kappa shape index (κ2) is 8.04. The molecule has 1 rings (SSSR count). The van der Waals surface area contributed by atoms with E-state index in [1.807, 2.05) is 0 Å². The Balaban J connectivity index is 2.26. The monoisotopic (exact) mass is 285 g/mol. The molecule has 1 saturated carbocycles. The van der Waals surface area contributed by atoms with Gasteiger partial charge in [0.05, 0.1) is 6.10 Å². The standard InChI is InChI=1S/C12H22F3NO3/c1-17-11(18-2)7-16-9-4-3-5-10(6-9)19-8-12(13,14)15/h9-11,16H,3-8H2,1-2H3. The van der Waals surface area contributed by atoms with E-state index in [0.29, 0.717) is 19.4 Å². The Labute approximate surface area is 111 Å². The molecule has 0 saturated heterocycles. The lowest BCUT2D eigenvalue weighted by Crippen LogP contribution is -2.42. The zero-order chi connectivity index (χ0) is 14.3. The number of nitrogens with one attached hydrogen (secondary N) is 1. The Morgan fingerprint density at radius 1 is 1.21 bits per heavy atom. The Bertz CT molecular complexity index is 247. The van der Waals surface area contributed by atoms with Crippen LogP contribution in [0, 0.1) is 0 Å². The fourth-order valence-corrected chi connectivity index (χ4v) is 2.22. The molecule has 0 heterocycles. The zero-order valence-corrected chi connectivity index (χ0v) is 11.3. The minimum atomic E-state index is -4.25. The first kappa shape index (κ1) is 16.7. The van der Waals surface area contributed by atoms with Crippen LogP contribution >= 0.6 is 0 Å². The third-order valence-corrected chi connectivity index (χ3v) is 3.21. The largest absolute Gasteiger partial charge is 0.411 e. The summed E-state index contributed by atoms with van der Waals surface area (Å²) in [4.78, 5) is 0. The van der Waals surface area contributed by atoms with Crippen molar-refractivity contribution in [3.63, 3.8) is 0 Å². The van der Waals surface area contributed by atoms with Crippen molar-refractivity contribution in [1.82, 2.24) is 5.32 Å². The molecule has 2 unspecified atom stereocenters. The van der Waals surface area contributed by atoms with Crippen molar-refractivity contribution in [1.29, 1.82) is 0 Å². The first-order valence-corrected chi connectivity index (χ1v) is 6.42. The third kappa shape index (κ3) is 7.10. The predicted octanol–water partition coefficient (Wildman–Crippen LogP) is 2.08. The number of hydrogen-bond donors (Lipinski definition) is 1. The Morgan fingerprint density at radius 3 is 2.47 bits per heavy atom. The van der Waals surface area contributed by atoms with Crippen LogP contribution in [0.15, 0.2) is 0 Å². The number of methoxy groups -OCH3 is 2. The minimum absolute atomic E-state index is 0.153. The van der Waals surface area contributed by atoms with Gasteiger partial charge in [-0.25, -0.2) is 0 Å². The van der Waals surface area contributed by atoms with E-state index in [-0.39, 0.29) is 18.4 Å². The normalized spacial score (nSPS) is 24.9. The Kier molecular flexibility index (Phi) is 7.06. The van der Waals surface area contributed by atoms with E-state index in [9.17, 15) is 13.2 Å². The van der Waals surface area contributed by atoms with Crippen molar-refractivity contribution in [3.8, 4) is 0 Å². The van der Waals surface area contributed by atoms with E-state index in [1.165, 1.54) is 0 Å². The van der Waals surface area contributed by atoms with Gasteiger partial charge >= 0.3 is 6.18 Å². The first-order valence-electron chi connectivity index (χ1n) is 6.42. The number of ether oxygens (including phenoxy) is 3. The van der Waals surface area contributed by atoms with Crippen LogP contribution in [0.5, 0.6) is 0 Å².